The lowest BCUT2D eigenvalue weighted by Crippen LogP contribution is -2.42. The topological polar surface area (TPSA) is 0 Å². The summed E-state index contributed by atoms with van der Waals surface area (Å²) in [5.74, 6) is 2.30. The molecule has 61 heavy (non-hydrogen) atoms. The predicted molar refractivity (Wildman–Crippen MR) is 256 cm³/mol. The van der Waals surface area contributed by atoms with E-state index in [9.17, 15) is 0 Å². The summed E-state index contributed by atoms with van der Waals surface area (Å²) in [7, 11) is 0. The Hall–Kier alpha value is -6.24. The van der Waals surface area contributed by atoms with Gasteiger partial charge in [-0.3, -0.25) is 0 Å². The molecule has 0 aliphatic heterocycles. The molecule has 0 nitrogen and oxygen atoms in total. The zero-order valence-corrected chi connectivity index (χ0v) is 35.1. The maximum Gasteiger partial charge on any atom is 0.0137 e. The third-order valence-corrected chi connectivity index (χ3v) is 15.1. The summed E-state index contributed by atoms with van der Waals surface area (Å²) >= 11 is 0. The Morgan fingerprint density at radius 1 is 0.492 bits per heavy atom. The first-order chi connectivity index (χ1) is 30.2. The molecule has 7 atom stereocenters. The van der Waals surface area contributed by atoms with E-state index in [-0.39, 0.29) is 11.8 Å². The van der Waals surface area contributed by atoms with Gasteiger partial charge in [0.2, 0.25) is 0 Å². The third-order valence-electron chi connectivity index (χ3n) is 15.1. The number of hydrogen-bond acceptors (Lipinski definition) is 0. The van der Waals surface area contributed by atoms with Crippen molar-refractivity contribution >= 4 is 34.4 Å². The standard InChI is InChI=1S/C61H52/c1-39-36-46(33-34-47(39)60-53-26-12-9-23-50(53)58(42-18-3-2-4-19-42)51-24-10-13-27-54(51)60)59-52-25-11-14-28-55(52)61(49-29-15-21-41-17-7-8-22-48(41)49)57-38-45(32-35-56(57)59)44-31-30-40-16-5-6-20-43(40)37-44/h2-3,5-18,20-30,32,35-38,41,44,48,50,53,56-57H,4,19,31,33-34H2,1H3. The summed E-state index contributed by atoms with van der Waals surface area (Å²) in [6.45, 7) is 2.41. The molecule has 0 saturated heterocycles. The number of hydrogen-bond donors (Lipinski definition) is 0. The average molecular weight is 785 g/mol. The molecule has 0 heterocycles. The SMILES string of the molecule is CC1=C(C2=c3ccccc3=C(C3=CC=CCC3)C3C=CC=CC23)CCC(C2=c3ccccc3=C(C3=CC=CC4C=CC=CC34)C3C=C(C4C=c5ccccc5=CC4)C=CC23)=C1. The van der Waals surface area contributed by atoms with Crippen molar-refractivity contribution in [3.63, 3.8) is 0 Å². The van der Waals surface area contributed by atoms with Crippen LogP contribution in [0.25, 0.3) is 34.4 Å². The van der Waals surface area contributed by atoms with Crippen LogP contribution in [0.2, 0.25) is 0 Å². The quantitative estimate of drug-likeness (QED) is 0.242. The first-order valence-corrected chi connectivity index (χ1v) is 22.9. The van der Waals surface area contributed by atoms with Gasteiger partial charge in [0.25, 0.3) is 0 Å². The highest BCUT2D eigenvalue weighted by atomic mass is 14.4. The molecule has 12 rings (SSSR count). The Labute approximate surface area is 360 Å². The van der Waals surface area contributed by atoms with Crippen LogP contribution in [0.15, 0.2) is 216 Å². The van der Waals surface area contributed by atoms with Crippen molar-refractivity contribution < 1.29 is 0 Å². The van der Waals surface area contributed by atoms with Crippen molar-refractivity contribution in [2.75, 3.05) is 0 Å². The van der Waals surface area contributed by atoms with Gasteiger partial charge >= 0.3 is 0 Å². The second kappa shape index (κ2) is 15.0. The van der Waals surface area contributed by atoms with E-state index in [1.165, 1.54) is 75.9 Å². The van der Waals surface area contributed by atoms with Gasteiger partial charge in [-0.25, -0.2) is 0 Å². The minimum atomic E-state index is 0.247. The van der Waals surface area contributed by atoms with Crippen molar-refractivity contribution in [2.24, 2.45) is 41.4 Å². The minimum absolute atomic E-state index is 0.247. The van der Waals surface area contributed by atoms with Gasteiger partial charge in [0.15, 0.2) is 0 Å². The lowest BCUT2D eigenvalue weighted by atomic mass is 9.63. The van der Waals surface area contributed by atoms with Crippen LogP contribution in [0.1, 0.15) is 39.0 Å². The van der Waals surface area contributed by atoms with E-state index in [2.05, 4.69) is 201 Å². The second-order valence-electron chi connectivity index (χ2n) is 18.4. The second-order valence-corrected chi connectivity index (χ2v) is 18.4. The van der Waals surface area contributed by atoms with Crippen molar-refractivity contribution in [1.29, 1.82) is 0 Å². The molecule has 9 aliphatic rings. The fourth-order valence-corrected chi connectivity index (χ4v) is 12.4. The minimum Gasteiger partial charge on any atom is -0.0842 e. The third kappa shape index (κ3) is 6.09. The first kappa shape index (κ1) is 36.6. The monoisotopic (exact) mass is 784 g/mol. The summed E-state index contributed by atoms with van der Waals surface area (Å²) in [5.41, 5.74) is 15.0. The van der Waals surface area contributed by atoms with Crippen molar-refractivity contribution in [3.8, 4) is 0 Å². The molecule has 7 unspecified atom stereocenters. The number of fused-ring (bicyclic) bond motifs is 6. The predicted octanol–water partition coefficient (Wildman–Crippen LogP) is 9.55. The molecule has 0 fully saturated rings. The highest BCUT2D eigenvalue weighted by molar-refractivity contribution is 5.85. The summed E-state index contributed by atoms with van der Waals surface area (Å²) in [4.78, 5) is 0. The smallest absolute Gasteiger partial charge is 0.0137 e. The summed E-state index contributed by atoms with van der Waals surface area (Å²) in [5, 5.41) is 8.41. The molecule has 296 valence electrons. The summed E-state index contributed by atoms with van der Waals surface area (Å²) in [6.07, 6.45) is 53.7. The molecule has 0 saturated carbocycles. The molecule has 0 spiro atoms. The molecular formula is C61H52. The van der Waals surface area contributed by atoms with Gasteiger partial charge in [-0.05, 0) is 126 Å². The van der Waals surface area contributed by atoms with E-state index < -0.39 is 0 Å². The first-order valence-electron chi connectivity index (χ1n) is 22.9. The number of benzene rings is 3. The van der Waals surface area contributed by atoms with Crippen molar-refractivity contribution in [3.05, 3.63) is 247 Å². The average Bonchev–Trinajstić information content (AvgIpc) is 3.32. The maximum absolute atomic E-state index is 2.69. The van der Waals surface area contributed by atoms with E-state index in [1.807, 2.05) is 0 Å². The lowest BCUT2D eigenvalue weighted by molar-refractivity contribution is 0.605. The van der Waals surface area contributed by atoms with Crippen LogP contribution in [0.5, 0.6) is 0 Å². The van der Waals surface area contributed by atoms with Gasteiger partial charge in [-0.2, -0.15) is 0 Å². The normalized spacial score (nSPS) is 28.9. The van der Waals surface area contributed by atoms with Crippen LogP contribution in [0.3, 0.4) is 0 Å². The van der Waals surface area contributed by atoms with E-state index in [0.717, 1.165) is 32.1 Å². The number of rotatable bonds is 5. The van der Waals surface area contributed by atoms with E-state index in [0.29, 0.717) is 29.6 Å². The van der Waals surface area contributed by atoms with Crippen LogP contribution in [-0.2, 0) is 0 Å². The van der Waals surface area contributed by atoms with Crippen molar-refractivity contribution in [2.45, 2.75) is 39.0 Å². The molecular weight excluding hydrogens is 733 g/mol. The van der Waals surface area contributed by atoms with Gasteiger partial charge in [-0.1, -0.05) is 194 Å². The highest BCUT2D eigenvalue weighted by Gasteiger charge is 2.39. The maximum atomic E-state index is 2.69. The molecule has 0 heteroatoms. The van der Waals surface area contributed by atoms with E-state index >= 15 is 0 Å². The van der Waals surface area contributed by atoms with E-state index in [1.54, 1.807) is 11.1 Å². The molecule has 0 aromatic heterocycles. The van der Waals surface area contributed by atoms with Crippen LogP contribution < -0.4 is 31.3 Å². The summed E-state index contributed by atoms with van der Waals surface area (Å²) < 4.78 is 0. The van der Waals surface area contributed by atoms with Gasteiger partial charge < -0.3 is 0 Å². The Balaban J connectivity index is 1.04. The fraction of sp³-hybridized carbons (Fsp3) is 0.213. The molecule has 0 radical (unpaired) electrons. The van der Waals surface area contributed by atoms with Crippen LogP contribution in [-0.4, -0.2) is 0 Å². The fourth-order valence-electron chi connectivity index (χ4n) is 12.4. The van der Waals surface area contributed by atoms with Gasteiger partial charge in [0, 0.05) is 41.4 Å². The zero-order valence-electron chi connectivity index (χ0n) is 35.1. The Kier molecular flexibility index (Phi) is 9.02. The van der Waals surface area contributed by atoms with E-state index in [4.69, 9.17) is 0 Å². The molecule has 3 aromatic carbocycles. The van der Waals surface area contributed by atoms with Gasteiger partial charge in [0.1, 0.15) is 0 Å². The summed E-state index contributed by atoms with van der Waals surface area (Å²) in [6, 6.07) is 27.6. The van der Waals surface area contributed by atoms with Crippen molar-refractivity contribution in [1.82, 2.24) is 0 Å². The molecule has 3 aromatic rings. The Bertz CT molecular complexity index is 3200. The van der Waals surface area contributed by atoms with Crippen LogP contribution in [0.4, 0.5) is 0 Å². The Morgan fingerprint density at radius 2 is 1.13 bits per heavy atom. The van der Waals surface area contributed by atoms with Crippen LogP contribution in [0, 0.1) is 41.4 Å². The molecule has 0 N–H and O–H groups in total. The molecule has 0 amide bonds. The Morgan fingerprint density at radius 3 is 1.89 bits per heavy atom. The van der Waals surface area contributed by atoms with Crippen LogP contribution >= 0.6 is 0 Å². The van der Waals surface area contributed by atoms with Gasteiger partial charge in [0.05, 0.1) is 0 Å². The van der Waals surface area contributed by atoms with Gasteiger partial charge in [-0.15, -0.1) is 0 Å². The zero-order chi connectivity index (χ0) is 40.4. The number of allylic oxidation sites excluding steroid dienone is 24. The lowest BCUT2D eigenvalue weighted by Gasteiger charge is -2.40. The largest absolute Gasteiger partial charge is 0.0842 e. The highest BCUT2D eigenvalue weighted by Crippen LogP contribution is 2.50. The molecule has 0 bridgehead atoms. The molecule has 9 aliphatic carbocycles.